The van der Waals surface area contributed by atoms with Crippen molar-refractivity contribution in [3.63, 3.8) is 0 Å². The summed E-state index contributed by atoms with van der Waals surface area (Å²) >= 11 is 7.63. The van der Waals surface area contributed by atoms with Gasteiger partial charge in [0, 0.05) is 34.6 Å². The van der Waals surface area contributed by atoms with Crippen LogP contribution in [0, 0.1) is 0 Å². The minimum absolute atomic E-state index is 0.0163. The van der Waals surface area contributed by atoms with E-state index in [0.717, 1.165) is 40.1 Å². The van der Waals surface area contributed by atoms with E-state index in [1.54, 1.807) is 18.0 Å². The molecule has 2 aromatic carbocycles. The number of thioether (sulfide) groups is 1. The maximum absolute atomic E-state index is 12.1. The molecule has 2 heterocycles. The van der Waals surface area contributed by atoms with E-state index in [4.69, 9.17) is 11.6 Å². The lowest BCUT2D eigenvalue weighted by Gasteiger charge is -2.10. The highest BCUT2D eigenvalue weighted by Gasteiger charge is 2.16. The zero-order valence-electron chi connectivity index (χ0n) is 17.3. The van der Waals surface area contributed by atoms with Crippen LogP contribution < -0.4 is 5.32 Å². The Hall–Kier alpha value is -3.16. The highest BCUT2D eigenvalue weighted by Crippen LogP contribution is 2.29. The maximum Gasteiger partial charge on any atom is 0.220 e. The van der Waals surface area contributed by atoms with Gasteiger partial charge in [-0.2, -0.15) is 0 Å². The first-order chi connectivity index (χ1) is 15.7. The van der Waals surface area contributed by atoms with Crippen molar-refractivity contribution in [2.24, 2.45) is 0 Å². The molecule has 0 aliphatic carbocycles. The van der Waals surface area contributed by atoms with Gasteiger partial charge in [0.25, 0.3) is 0 Å². The van der Waals surface area contributed by atoms with Crippen molar-refractivity contribution in [2.75, 3.05) is 5.75 Å². The second-order valence-corrected chi connectivity index (χ2v) is 8.53. The van der Waals surface area contributed by atoms with Crippen LogP contribution in [-0.2, 0) is 11.3 Å². The topological polar surface area (TPSA) is 72.7 Å². The van der Waals surface area contributed by atoms with Crippen molar-refractivity contribution in [3.05, 3.63) is 89.7 Å². The number of aromatic nitrogens is 4. The van der Waals surface area contributed by atoms with Crippen LogP contribution in [-0.4, -0.2) is 31.4 Å². The highest BCUT2D eigenvalue weighted by molar-refractivity contribution is 7.99. The van der Waals surface area contributed by atoms with Crippen LogP contribution >= 0.6 is 23.4 Å². The summed E-state index contributed by atoms with van der Waals surface area (Å²) in [5, 5.41) is 13.2. The molecule has 0 aliphatic rings. The number of carbonyl (C=O) groups excluding carboxylic acids is 1. The summed E-state index contributed by atoms with van der Waals surface area (Å²) in [7, 11) is 0. The number of carbonyl (C=O) groups is 1. The van der Waals surface area contributed by atoms with Crippen LogP contribution in [0.25, 0.3) is 17.1 Å². The van der Waals surface area contributed by atoms with Gasteiger partial charge in [0.1, 0.15) is 0 Å². The van der Waals surface area contributed by atoms with Crippen molar-refractivity contribution in [3.8, 4) is 17.1 Å². The molecule has 32 heavy (non-hydrogen) atoms. The Morgan fingerprint density at radius 1 is 0.969 bits per heavy atom. The number of para-hydroxylation sites is 1. The Labute approximate surface area is 196 Å². The van der Waals surface area contributed by atoms with Gasteiger partial charge in [0.15, 0.2) is 11.0 Å². The molecule has 6 nitrogen and oxygen atoms in total. The molecule has 0 atom stereocenters. The summed E-state index contributed by atoms with van der Waals surface area (Å²) in [6.07, 6.45) is 2.90. The van der Waals surface area contributed by atoms with E-state index in [9.17, 15) is 4.79 Å². The van der Waals surface area contributed by atoms with Gasteiger partial charge in [-0.15, -0.1) is 10.2 Å². The molecule has 4 aromatic rings. The summed E-state index contributed by atoms with van der Waals surface area (Å²) in [5.41, 5.74) is 2.77. The van der Waals surface area contributed by atoms with Gasteiger partial charge in [0.05, 0.1) is 12.2 Å². The summed E-state index contributed by atoms with van der Waals surface area (Å²) in [6.45, 7) is 0.444. The third-order valence-corrected chi connectivity index (χ3v) is 5.99. The van der Waals surface area contributed by atoms with E-state index >= 15 is 0 Å². The molecule has 4 rings (SSSR count). The number of nitrogens with one attached hydrogen (secondary N) is 1. The first-order valence-corrected chi connectivity index (χ1v) is 11.6. The molecule has 0 spiro atoms. The number of benzene rings is 2. The predicted molar refractivity (Wildman–Crippen MR) is 128 cm³/mol. The van der Waals surface area contributed by atoms with Crippen molar-refractivity contribution in [1.82, 2.24) is 25.1 Å². The number of rotatable bonds is 9. The van der Waals surface area contributed by atoms with Crippen LogP contribution in [0.5, 0.6) is 0 Å². The van der Waals surface area contributed by atoms with Crippen molar-refractivity contribution < 1.29 is 4.79 Å². The summed E-state index contributed by atoms with van der Waals surface area (Å²) in [5.74, 6) is 1.52. The molecule has 0 saturated heterocycles. The Kier molecular flexibility index (Phi) is 7.53. The lowest BCUT2D eigenvalue weighted by Crippen LogP contribution is -2.22. The highest BCUT2D eigenvalue weighted by atomic mass is 35.5. The van der Waals surface area contributed by atoms with Gasteiger partial charge in [-0.25, -0.2) is 0 Å². The summed E-state index contributed by atoms with van der Waals surface area (Å²) in [4.78, 5) is 16.4. The molecular formula is C24H22ClN5OS. The fourth-order valence-electron chi connectivity index (χ4n) is 3.14. The van der Waals surface area contributed by atoms with Gasteiger partial charge < -0.3 is 5.32 Å². The van der Waals surface area contributed by atoms with Gasteiger partial charge >= 0.3 is 0 Å². The minimum atomic E-state index is 0.0163. The molecule has 0 fully saturated rings. The van der Waals surface area contributed by atoms with E-state index in [1.165, 1.54) is 0 Å². The molecule has 1 N–H and O–H groups in total. The minimum Gasteiger partial charge on any atom is -0.350 e. The Balaban J connectivity index is 1.39. The number of halogens is 1. The Morgan fingerprint density at radius 3 is 2.50 bits per heavy atom. The number of pyridine rings is 1. The fraction of sp³-hybridized carbons (Fsp3) is 0.167. The number of amides is 1. The monoisotopic (exact) mass is 463 g/mol. The standard InChI is InChI=1S/C24H22ClN5OS/c25-19-13-11-18(12-14-19)23-28-29-24(30(23)21-8-2-1-3-9-21)32-16-6-10-22(31)27-17-20-7-4-5-15-26-20/h1-5,7-9,11-15H,6,10,16-17H2,(H,27,31). The third kappa shape index (κ3) is 5.75. The first kappa shape index (κ1) is 22.0. The van der Waals surface area contributed by atoms with Crippen molar-refractivity contribution >= 4 is 29.3 Å². The molecule has 1 amide bonds. The van der Waals surface area contributed by atoms with E-state index < -0.39 is 0 Å². The number of nitrogens with zero attached hydrogens (tertiary/aromatic N) is 4. The maximum atomic E-state index is 12.1. The molecular weight excluding hydrogens is 442 g/mol. The van der Waals surface area contributed by atoms with E-state index in [-0.39, 0.29) is 5.91 Å². The average Bonchev–Trinajstić information content (AvgIpc) is 3.26. The fourth-order valence-corrected chi connectivity index (χ4v) is 4.15. The largest absolute Gasteiger partial charge is 0.350 e. The molecule has 2 aromatic heterocycles. The molecule has 0 unspecified atom stereocenters. The zero-order chi connectivity index (χ0) is 22.2. The lowest BCUT2D eigenvalue weighted by atomic mass is 10.2. The second-order valence-electron chi connectivity index (χ2n) is 7.03. The zero-order valence-corrected chi connectivity index (χ0v) is 18.9. The van der Waals surface area contributed by atoms with Gasteiger partial charge in [-0.1, -0.05) is 47.6 Å². The Morgan fingerprint density at radius 2 is 1.75 bits per heavy atom. The summed E-state index contributed by atoms with van der Waals surface area (Å²) in [6, 6.07) is 23.2. The Bertz CT molecular complexity index is 1150. The van der Waals surface area contributed by atoms with Crippen LogP contribution in [0.15, 0.2) is 84.1 Å². The second kappa shape index (κ2) is 10.9. The number of hydrogen-bond acceptors (Lipinski definition) is 5. The van der Waals surface area contributed by atoms with E-state index in [2.05, 4.69) is 20.5 Å². The molecule has 8 heteroatoms. The predicted octanol–water partition coefficient (Wildman–Crippen LogP) is 5.17. The van der Waals surface area contributed by atoms with Crippen LogP contribution in [0.4, 0.5) is 0 Å². The van der Waals surface area contributed by atoms with Crippen LogP contribution in [0.2, 0.25) is 5.02 Å². The lowest BCUT2D eigenvalue weighted by molar-refractivity contribution is -0.121. The van der Waals surface area contributed by atoms with Gasteiger partial charge in [-0.05, 0) is 55.0 Å². The molecule has 0 aliphatic heterocycles. The summed E-state index contributed by atoms with van der Waals surface area (Å²) < 4.78 is 2.04. The SMILES string of the molecule is O=C(CCCSc1nnc(-c2ccc(Cl)cc2)n1-c1ccccc1)NCc1ccccn1. The molecule has 0 radical (unpaired) electrons. The van der Waals surface area contributed by atoms with Crippen LogP contribution in [0.3, 0.4) is 0 Å². The molecule has 0 saturated carbocycles. The van der Waals surface area contributed by atoms with Gasteiger partial charge in [0.2, 0.25) is 5.91 Å². The van der Waals surface area contributed by atoms with E-state index in [0.29, 0.717) is 18.0 Å². The smallest absolute Gasteiger partial charge is 0.220 e. The van der Waals surface area contributed by atoms with Gasteiger partial charge in [-0.3, -0.25) is 14.3 Å². The first-order valence-electron chi connectivity index (χ1n) is 10.3. The van der Waals surface area contributed by atoms with Crippen LogP contribution in [0.1, 0.15) is 18.5 Å². The van der Waals surface area contributed by atoms with Crippen molar-refractivity contribution in [1.29, 1.82) is 0 Å². The van der Waals surface area contributed by atoms with E-state index in [1.807, 2.05) is 77.4 Å². The third-order valence-electron chi connectivity index (χ3n) is 4.72. The quantitative estimate of drug-likeness (QED) is 0.274. The normalized spacial score (nSPS) is 10.8. The number of hydrogen-bond donors (Lipinski definition) is 1. The molecule has 162 valence electrons. The average molecular weight is 464 g/mol. The molecule has 0 bridgehead atoms. The van der Waals surface area contributed by atoms with Crippen molar-refractivity contribution in [2.45, 2.75) is 24.5 Å².